The normalized spacial score (nSPS) is 12.8. The number of rotatable bonds is 6. The van der Waals surface area contributed by atoms with E-state index in [1.807, 2.05) is 0 Å². The van der Waals surface area contributed by atoms with E-state index in [1.54, 1.807) is 6.92 Å². The second kappa shape index (κ2) is 7.53. The molecule has 23 heavy (non-hydrogen) atoms. The minimum Gasteiger partial charge on any atom is -0.465 e. The van der Waals surface area contributed by atoms with Crippen molar-refractivity contribution >= 4 is 22.0 Å². The minimum atomic E-state index is -3.94. The monoisotopic (exact) mass is 344 g/mol. The van der Waals surface area contributed by atoms with E-state index < -0.39 is 28.0 Å². The van der Waals surface area contributed by atoms with E-state index in [4.69, 9.17) is 5.73 Å². The highest BCUT2D eigenvalue weighted by Gasteiger charge is 2.27. The van der Waals surface area contributed by atoms with E-state index in [0.717, 1.165) is 30.7 Å². The summed E-state index contributed by atoms with van der Waals surface area (Å²) in [4.78, 5) is 23.2. The molecule has 0 saturated heterocycles. The fraction of sp³-hybridized carbons (Fsp3) is 0.429. The molecule has 0 aliphatic carbocycles. The van der Waals surface area contributed by atoms with Crippen molar-refractivity contribution in [3.05, 3.63) is 29.3 Å². The average Bonchev–Trinajstić information content (AvgIpc) is 2.58. The molecular weight excluding hydrogens is 324 g/mol. The van der Waals surface area contributed by atoms with Crippen molar-refractivity contribution in [3.63, 3.8) is 0 Å². The fourth-order valence-corrected chi connectivity index (χ4v) is 3.22. The third-order valence-electron chi connectivity index (χ3n) is 3.39. The van der Waals surface area contributed by atoms with Crippen LogP contribution in [0.4, 0.5) is 0 Å². The topological polar surface area (TPSA) is 116 Å². The van der Waals surface area contributed by atoms with Gasteiger partial charge in [-0.15, -0.1) is 0 Å². The molecule has 0 amide bonds. The van der Waals surface area contributed by atoms with E-state index in [1.165, 1.54) is 13.1 Å². The number of carbonyl (C=O) groups excluding carboxylic acids is 2. The first kappa shape index (κ1) is 19.1. The van der Waals surface area contributed by atoms with Gasteiger partial charge in [0.15, 0.2) is 0 Å². The Morgan fingerprint density at radius 3 is 1.91 bits per heavy atom. The van der Waals surface area contributed by atoms with Crippen LogP contribution in [0.2, 0.25) is 0 Å². The van der Waals surface area contributed by atoms with Gasteiger partial charge in [-0.25, -0.2) is 18.0 Å². The van der Waals surface area contributed by atoms with Crippen molar-refractivity contribution in [2.45, 2.75) is 17.9 Å². The molecule has 2 N–H and O–H groups in total. The van der Waals surface area contributed by atoms with Gasteiger partial charge in [-0.05, 0) is 25.1 Å². The van der Waals surface area contributed by atoms with Crippen LogP contribution in [0.25, 0.3) is 0 Å². The van der Waals surface area contributed by atoms with Crippen molar-refractivity contribution < 1.29 is 27.5 Å². The highest BCUT2D eigenvalue weighted by Crippen LogP contribution is 2.21. The van der Waals surface area contributed by atoms with E-state index in [-0.39, 0.29) is 22.6 Å². The standard InChI is InChI=1S/C14H20N2O6S/c1-9(8-15)16(2)23(19,20)12-6-10(13(17)21-3)5-11(7-12)14(18)22-4/h5-7,9H,8,15H2,1-4H3. The highest BCUT2D eigenvalue weighted by atomic mass is 32.2. The quantitative estimate of drug-likeness (QED) is 0.734. The second-order valence-corrected chi connectivity index (χ2v) is 6.83. The molecule has 1 aromatic carbocycles. The Labute approximate surface area is 135 Å². The Kier molecular flexibility index (Phi) is 6.25. The summed E-state index contributed by atoms with van der Waals surface area (Å²) in [7, 11) is -0.257. The van der Waals surface area contributed by atoms with Crippen LogP contribution in [-0.4, -0.2) is 58.5 Å². The first-order valence-corrected chi connectivity index (χ1v) is 8.12. The Bertz CT molecular complexity index is 667. The summed E-state index contributed by atoms with van der Waals surface area (Å²) in [5, 5.41) is 0. The zero-order valence-corrected chi connectivity index (χ0v) is 14.2. The van der Waals surface area contributed by atoms with E-state index in [0.29, 0.717) is 0 Å². The molecule has 0 spiro atoms. The predicted octanol–water partition coefficient (Wildman–Crippen LogP) is 0.228. The first-order chi connectivity index (χ1) is 10.7. The maximum atomic E-state index is 12.6. The Morgan fingerprint density at radius 2 is 1.57 bits per heavy atom. The summed E-state index contributed by atoms with van der Waals surface area (Å²) in [6, 6.07) is 3.05. The largest absolute Gasteiger partial charge is 0.465 e. The van der Waals surface area contributed by atoms with Crippen molar-refractivity contribution in [2.75, 3.05) is 27.8 Å². The Morgan fingerprint density at radius 1 is 1.13 bits per heavy atom. The van der Waals surface area contributed by atoms with E-state index in [9.17, 15) is 18.0 Å². The third-order valence-corrected chi connectivity index (χ3v) is 5.34. The zero-order valence-electron chi connectivity index (χ0n) is 13.4. The molecule has 0 bridgehead atoms. The molecule has 0 fully saturated rings. The number of ether oxygens (including phenoxy) is 2. The number of sulfonamides is 1. The lowest BCUT2D eigenvalue weighted by molar-refractivity contribution is 0.0598. The van der Waals surface area contributed by atoms with Crippen LogP contribution in [0.5, 0.6) is 0 Å². The van der Waals surface area contributed by atoms with Crippen molar-refractivity contribution in [1.82, 2.24) is 4.31 Å². The van der Waals surface area contributed by atoms with Crippen LogP contribution in [0.15, 0.2) is 23.1 Å². The lowest BCUT2D eigenvalue weighted by Gasteiger charge is -2.23. The van der Waals surface area contributed by atoms with Crippen LogP contribution < -0.4 is 5.73 Å². The molecule has 1 atom stereocenters. The summed E-state index contributed by atoms with van der Waals surface area (Å²) in [6.07, 6.45) is 0. The molecule has 0 aliphatic rings. The molecule has 0 saturated carbocycles. The smallest absolute Gasteiger partial charge is 0.337 e. The van der Waals surface area contributed by atoms with Crippen molar-refractivity contribution in [3.8, 4) is 0 Å². The van der Waals surface area contributed by atoms with Gasteiger partial charge in [-0.3, -0.25) is 0 Å². The van der Waals surface area contributed by atoms with Crippen LogP contribution in [0.1, 0.15) is 27.6 Å². The van der Waals surface area contributed by atoms with Gasteiger partial charge < -0.3 is 15.2 Å². The van der Waals surface area contributed by atoms with Gasteiger partial charge >= 0.3 is 11.9 Å². The summed E-state index contributed by atoms with van der Waals surface area (Å²) in [6.45, 7) is 1.76. The Balaban J connectivity index is 3.51. The molecule has 1 rings (SSSR count). The number of esters is 2. The van der Waals surface area contributed by atoms with Gasteiger partial charge in [0.2, 0.25) is 10.0 Å². The molecule has 0 aliphatic heterocycles. The lowest BCUT2D eigenvalue weighted by atomic mass is 10.1. The number of nitrogens with two attached hydrogens (primary N) is 1. The molecule has 0 radical (unpaired) electrons. The summed E-state index contributed by atoms with van der Waals surface area (Å²) < 4.78 is 35.5. The molecule has 0 heterocycles. The molecule has 128 valence electrons. The van der Waals surface area contributed by atoms with E-state index in [2.05, 4.69) is 9.47 Å². The molecular formula is C14H20N2O6S. The highest BCUT2D eigenvalue weighted by molar-refractivity contribution is 7.89. The number of hydrogen-bond acceptors (Lipinski definition) is 7. The van der Waals surface area contributed by atoms with Gasteiger partial charge in [0, 0.05) is 19.6 Å². The number of carbonyl (C=O) groups is 2. The van der Waals surface area contributed by atoms with Gasteiger partial charge in [0.05, 0.1) is 30.2 Å². The van der Waals surface area contributed by atoms with Gasteiger partial charge in [0.25, 0.3) is 0 Å². The van der Waals surface area contributed by atoms with Crippen LogP contribution in [-0.2, 0) is 19.5 Å². The maximum Gasteiger partial charge on any atom is 0.337 e. The van der Waals surface area contributed by atoms with Crippen molar-refractivity contribution in [2.24, 2.45) is 5.73 Å². The number of likely N-dealkylation sites (N-methyl/N-ethyl adjacent to an activating group) is 1. The Hall–Kier alpha value is -1.97. The minimum absolute atomic E-state index is 0.0669. The SMILES string of the molecule is COC(=O)c1cc(C(=O)OC)cc(S(=O)(=O)N(C)C(C)CN)c1. The number of benzene rings is 1. The number of methoxy groups -OCH3 is 2. The zero-order chi connectivity index (χ0) is 17.8. The summed E-state index contributed by atoms with van der Waals surface area (Å²) >= 11 is 0. The second-order valence-electron chi connectivity index (χ2n) is 4.84. The van der Waals surface area contributed by atoms with Gasteiger partial charge in [0.1, 0.15) is 0 Å². The third kappa shape index (κ3) is 4.06. The summed E-state index contributed by atoms with van der Waals surface area (Å²) in [5.74, 6) is -1.52. The first-order valence-electron chi connectivity index (χ1n) is 6.68. The predicted molar refractivity (Wildman–Crippen MR) is 82.6 cm³/mol. The fourth-order valence-electron chi connectivity index (χ4n) is 1.77. The number of hydrogen-bond donors (Lipinski definition) is 1. The maximum absolute atomic E-state index is 12.6. The number of nitrogens with zero attached hydrogens (tertiary/aromatic N) is 1. The van der Waals surface area contributed by atoms with Crippen LogP contribution >= 0.6 is 0 Å². The molecule has 1 unspecified atom stereocenters. The average molecular weight is 344 g/mol. The van der Waals surface area contributed by atoms with E-state index >= 15 is 0 Å². The molecule has 8 nitrogen and oxygen atoms in total. The lowest BCUT2D eigenvalue weighted by Crippen LogP contribution is -2.39. The van der Waals surface area contributed by atoms with Crippen molar-refractivity contribution in [1.29, 1.82) is 0 Å². The van der Waals surface area contributed by atoms with Gasteiger partial charge in [-0.1, -0.05) is 0 Å². The molecule has 0 aromatic heterocycles. The van der Waals surface area contributed by atoms with Crippen LogP contribution in [0.3, 0.4) is 0 Å². The van der Waals surface area contributed by atoms with Gasteiger partial charge in [-0.2, -0.15) is 4.31 Å². The van der Waals surface area contributed by atoms with Crippen LogP contribution in [0, 0.1) is 0 Å². The molecule has 1 aromatic rings. The molecule has 9 heteroatoms. The summed E-state index contributed by atoms with van der Waals surface area (Å²) in [5.41, 5.74) is 5.36.